The zero-order valence-electron chi connectivity index (χ0n) is 15.0. The van der Waals surface area contributed by atoms with Gasteiger partial charge in [-0.3, -0.25) is 0 Å². The van der Waals surface area contributed by atoms with Gasteiger partial charge in [-0.1, -0.05) is 24.6 Å². The van der Waals surface area contributed by atoms with Gasteiger partial charge in [0, 0.05) is 17.0 Å². The number of para-hydroxylation sites is 1. The number of hydrogen-bond donors (Lipinski definition) is 2. The summed E-state index contributed by atoms with van der Waals surface area (Å²) in [6.07, 6.45) is 2.79. The van der Waals surface area contributed by atoms with Crippen molar-refractivity contribution in [3.8, 4) is 17.0 Å². The van der Waals surface area contributed by atoms with Gasteiger partial charge >= 0.3 is 0 Å². The third kappa shape index (κ3) is 3.30. The van der Waals surface area contributed by atoms with Gasteiger partial charge < -0.3 is 15.2 Å². The van der Waals surface area contributed by atoms with E-state index >= 15 is 0 Å². The third-order valence-electron chi connectivity index (χ3n) is 5.18. The van der Waals surface area contributed by atoms with E-state index in [0.717, 1.165) is 52.9 Å². The number of rotatable bonds is 4. The predicted octanol–water partition coefficient (Wildman–Crippen LogP) is 4.09. The van der Waals surface area contributed by atoms with Crippen LogP contribution in [-0.4, -0.2) is 29.8 Å². The highest BCUT2D eigenvalue weighted by Gasteiger charge is 2.25. The lowest BCUT2D eigenvalue weighted by atomic mass is 9.92. The largest absolute Gasteiger partial charge is 0.497 e. The summed E-state index contributed by atoms with van der Waals surface area (Å²) < 4.78 is 5.25. The molecule has 26 heavy (non-hydrogen) atoms. The number of ether oxygens (including phenoxy) is 1. The van der Waals surface area contributed by atoms with Gasteiger partial charge in [-0.05, 0) is 61.3 Å². The number of piperidine rings is 1. The van der Waals surface area contributed by atoms with Crippen LogP contribution in [-0.2, 0) is 0 Å². The summed E-state index contributed by atoms with van der Waals surface area (Å²) in [5.41, 5.74) is 3.74. The first-order chi connectivity index (χ1) is 12.8. The molecule has 2 aromatic carbocycles. The smallest absolute Gasteiger partial charge is 0.118 e. The van der Waals surface area contributed by atoms with Crippen molar-refractivity contribution < 1.29 is 9.84 Å². The van der Waals surface area contributed by atoms with Gasteiger partial charge in [0.1, 0.15) is 5.75 Å². The number of hydrogen-bond acceptors (Lipinski definition) is 4. The summed E-state index contributed by atoms with van der Waals surface area (Å²) >= 11 is 0. The number of nitrogens with zero attached hydrogens (tertiary/aromatic N) is 1. The van der Waals surface area contributed by atoms with Crippen LogP contribution in [0.25, 0.3) is 22.2 Å². The monoisotopic (exact) mass is 348 g/mol. The number of aromatic nitrogens is 1. The van der Waals surface area contributed by atoms with Crippen molar-refractivity contribution in [2.24, 2.45) is 0 Å². The molecule has 134 valence electrons. The molecule has 0 amide bonds. The molecular formula is C22H24N2O2. The van der Waals surface area contributed by atoms with Crippen LogP contribution in [0.2, 0.25) is 0 Å². The third-order valence-corrected chi connectivity index (χ3v) is 5.18. The Bertz CT molecular complexity index is 886. The normalized spacial score (nSPS) is 18.6. The van der Waals surface area contributed by atoms with Gasteiger partial charge in [0.2, 0.25) is 0 Å². The number of pyridine rings is 1. The summed E-state index contributed by atoms with van der Waals surface area (Å²) in [5.74, 6) is 0.821. The molecule has 0 aliphatic carbocycles. The molecule has 2 atom stereocenters. The Morgan fingerprint density at radius 1 is 1.12 bits per heavy atom. The summed E-state index contributed by atoms with van der Waals surface area (Å²) in [6, 6.07) is 18.0. The average molecular weight is 348 g/mol. The van der Waals surface area contributed by atoms with Gasteiger partial charge in [0.05, 0.1) is 24.4 Å². The topological polar surface area (TPSA) is 54.4 Å². The van der Waals surface area contributed by atoms with Crippen LogP contribution in [0, 0.1) is 0 Å². The van der Waals surface area contributed by atoms with Crippen LogP contribution in [0.1, 0.15) is 30.9 Å². The Labute approximate surface area is 153 Å². The van der Waals surface area contributed by atoms with E-state index in [1.807, 2.05) is 54.6 Å². The Hall–Kier alpha value is -2.43. The SMILES string of the molecule is COc1ccc(-c2cc([C@H](O)C3CCCCN3)c3ccccc3n2)cc1. The molecule has 1 saturated heterocycles. The lowest BCUT2D eigenvalue weighted by Gasteiger charge is -2.29. The zero-order valence-corrected chi connectivity index (χ0v) is 15.0. The predicted molar refractivity (Wildman–Crippen MR) is 104 cm³/mol. The molecule has 1 aromatic heterocycles. The van der Waals surface area contributed by atoms with E-state index < -0.39 is 6.10 Å². The highest BCUT2D eigenvalue weighted by atomic mass is 16.5. The maximum atomic E-state index is 11.1. The molecule has 1 unspecified atom stereocenters. The molecule has 1 aliphatic rings. The summed E-state index contributed by atoms with van der Waals surface area (Å²) in [7, 11) is 1.66. The van der Waals surface area contributed by atoms with Crippen LogP contribution in [0.5, 0.6) is 5.75 Å². The molecule has 0 spiro atoms. The first kappa shape index (κ1) is 17.0. The molecule has 1 aliphatic heterocycles. The van der Waals surface area contributed by atoms with E-state index in [1.54, 1.807) is 7.11 Å². The number of fused-ring (bicyclic) bond motifs is 1. The fraction of sp³-hybridized carbons (Fsp3) is 0.318. The quantitative estimate of drug-likeness (QED) is 0.746. The van der Waals surface area contributed by atoms with Gasteiger partial charge in [-0.25, -0.2) is 4.98 Å². The molecule has 4 rings (SSSR count). The molecule has 4 heteroatoms. The fourth-order valence-corrected chi connectivity index (χ4v) is 3.72. The van der Waals surface area contributed by atoms with Crippen molar-refractivity contribution in [1.29, 1.82) is 0 Å². The van der Waals surface area contributed by atoms with Crippen molar-refractivity contribution in [2.75, 3.05) is 13.7 Å². The van der Waals surface area contributed by atoms with E-state index in [0.29, 0.717) is 0 Å². The zero-order chi connectivity index (χ0) is 17.9. The number of benzene rings is 2. The van der Waals surface area contributed by atoms with Crippen LogP contribution < -0.4 is 10.1 Å². The van der Waals surface area contributed by atoms with E-state index in [1.165, 1.54) is 6.42 Å². The first-order valence-electron chi connectivity index (χ1n) is 9.22. The fourth-order valence-electron chi connectivity index (χ4n) is 3.72. The van der Waals surface area contributed by atoms with Gasteiger partial charge in [-0.2, -0.15) is 0 Å². The number of aliphatic hydroxyl groups excluding tert-OH is 1. The van der Waals surface area contributed by atoms with Gasteiger partial charge in [0.15, 0.2) is 0 Å². The molecule has 2 N–H and O–H groups in total. The number of methoxy groups -OCH3 is 1. The van der Waals surface area contributed by atoms with Crippen LogP contribution in [0.15, 0.2) is 54.6 Å². The summed E-state index contributed by atoms with van der Waals surface area (Å²) in [6.45, 7) is 0.968. The van der Waals surface area contributed by atoms with Gasteiger partial charge in [-0.15, -0.1) is 0 Å². The highest BCUT2D eigenvalue weighted by molar-refractivity contribution is 5.85. The van der Waals surface area contributed by atoms with Crippen LogP contribution >= 0.6 is 0 Å². The highest BCUT2D eigenvalue weighted by Crippen LogP contribution is 2.32. The van der Waals surface area contributed by atoms with Crippen molar-refractivity contribution in [1.82, 2.24) is 10.3 Å². The summed E-state index contributed by atoms with van der Waals surface area (Å²) in [5, 5.41) is 15.6. The lowest BCUT2D eigenvalue weighted by molar-refractivity contribution is 0.115. The van der Waals surface area contributed by atoms with E-state index in [9.17, 15) is 5.11 Å². The molecule has 0 radical (unpaired) electrons. The molecule has 3 aromatic rings. The maximum Gasteiger partial charge on any atom is 0.118 e. The minimum atomic E-state index is -0.541. The van der Waals surface area contributed by atoms with Crippen LogP contribution in [0.4, 0.5) is 0 Å². The number of nitrogens with one attached hydrogen (secondary N) is 1. The molecular weight excluding hydrogens is 324 g/mol. The molecule has 4 nitrogen and oxygen atoms in total. The molecule has 0 saturated carbocycles. The average Bonchev–Trinajstić information content (AvgIpc) is 2.73. The minimum Gasteiger partial charge on any atom is -0.497 e. The standard InChI is InChI=1S/C22H24N2O2/c1-26-16-11-9-15(10-12-16)21-14-18(17-6-2-3-7-19(17)24-21)22(25)20-8-4-5-13-23-20/h2-3,6-7,9-12,14,20,22-23,25H,4-5,8,13H2,1H3/t20?,22-/m0/s1. The Balaban J connectivity index is 1.79. The van der Waals surface area contributed by atoms with Crippen molar-refractivity contribution >= 4 is 10.9 Å². The number of aliphatic hydroxyl groups is 1. The molecule has 1 fully saturated rings. The van der Waals surface area contributed by atoms with E-state index in [-0.39, 0.29) is 6.04 Å². The summed E-state index contributed by atoms with van der Waals surface area (Å²) in [4.78, 5) is 4.82. The second-order valence-corrected chi connectivity index (χ2v) is 6.84. The maximum absolute atomic E-state index is 11.1. The molecule has 2 heterocycles. The Kier molecular flexibility index (Phi) is 4.87. The van der Waals surface area contributed by atoms with E-state index in [4.69, 9.17) is 9.72 Å². The second kappa shape index (κ2) is 7.44. The van der Waals surface area contributed by atoms with Crippen molar-refractivity contribution in [3.05, 3.63) is 60.2 Å². The Morgan fingerprint density at radius 2 is 1.92 bits per heavy atom. The minimum absolute atomic E-state index is 0.0956. The molecule has 0 bridgehead atoms. The van der Waals surface area contributed by atoms with Crippen LogP contribution in [0.3, 0.4) is 0 Å². The lowest BCUT2D eigenvalue weighted by Crippen LogP contribution is -2.38. The van der Waals surface area contributed by atoms with E-state index in [2.05, 4.69) is 5.32 Å². The second-order valence-electron chi connectivity index (χ2n) is 6.84. The van der Waals surface area contributed by atoms with Gasteiger partial charge in [0.25, 0.3) is 0 Å². The Morgan fingerprint density at radius 3 is 2.65 bits per heavy atom. The first-order valence-corrected chi connectivity index (χ1v) is 9.22. The van der Waals surface area contributed by atoms with Crippen molar-refractivity contribution in [2.45, 2.75) is 31.4 Å². The van der Waals surface area contributed by atoms with Crippen molar-refractivity contribution in [3.63, 3.8) is 0 Å².